The molecule has 158 valence electrons. The lowest BCUT2D eigenvalue weighted by Crippen LogP contribution is -2.15. The molecule has 3 heterocycles. The normalized spacial score (nSPS) is 10.7. The standard InChI is InChI=1S/C22H21N5O3S/c1-13-20(14-6-8-23-9-7-14)26-27-21(13)25-19(28)11-16-12-31-22(24-16)15-4-5-17(29-2)18(10-15)30-3/h4-10,12H,11H2,1-3H3,(H2,25,26,27,28). The lowest BCUT2D eigenvalue weighted by atomic mass is 10.1. The van der Waals surface area contributed by atoms with E-state index in [0.717, 1.165) is 27.4 Å². The summed E-state index contributed by atoms with van der Waals surface area (Å²) in [6.07, 6.45) is 3.58. The second kappa shape index (κ2) is 8.97. The van der Waals surface area contributed by atoms with Crippen molar-refractivity contribution in [1.82, 2.24) is 20.2 Å². The summed E-state index contributed by atoms with van der Waals surface area (Å²) in [6, 6.07) is 9.39. The van der Waals surface area contributed by atoms with Crippen LogP contribution in [0.3, 0.4) is 0 Å². The number of benzene rings is 1. The maximum atomic E-state index is 12.6. The zero-order valence-corrected chi connectivity index (χ0v) is 18.1. The van der Waals surface area contributed by atoms with E-state index in [4.69, 9.17) is 9.47 Å². The van der Waals surface area contributed by atoms with Gasteiger partial charge in [0, 0.05) is 34.5 Å². The second-order valence-electron chi connectivity index (χ2n) is 6.75. The Morgan fingerprint density at radius 1 is 1.10 bits per heavy atom. The van der Waals surface area contributed by atoms with Crippen LogP contribution in [0.4, 0.5) is 5.82 Å². The van der Waals surface area contributed by atoms with Gasteiger partial charge in [-0.1, -0.05) is 0 Å². The Morgan fingerprint density at radius 2 is 1.87 bits per heavy atom. The Balaban J connectivity index is 1.45. The average Bonchev–Trinajstić information content (AvgIpc) is 3.40. The van der Waals surface area contributed by atoms with Gasteiger partial charge < -0.3 is 14.8 Å². The Bertz CT molecular complexity index is 1200. The maximum absolute atomic E-state index is 12.6. The van der Waals surface area contributed by atoms with Gasteiger partial charge in [-0.15, -0.1) is 11.3 Å². The molecule has 0 unspecified atom stereocenters. The summed E-state index contributed by atoms with van der Waals surface area (Å²) in [5, 5.41) is 12.8. The van der Waals surface area contributed by atoms with Gasteiger partial charge in [0.25, 0.3) is 0 Å². The molecule has 0 spiro atoms. The van der Waals surface area contributed by atoms with E-state index >= 15 is 0 Å². The summed E-state index contributed by atoms with van der Waals surface area (Å²) in [6.45, 7) is 1.91. The van der Waals surface area contributed by atoms with Crippen LogP contribution in [0.1, 0.15) is 11.3 Å². The zero-order valence-electron chi connectivity index (χ0n) is 17.3. The van der Waals surface area contributed by atoms with Crippen LogP contribution in [0.5, 0.6) is 11.5 Å². The number of rotatable bonds is 7. The van der Waals surface area contributed by atoms with Crippen molar-refractivity contribution in [2.24, 2.45) is 0 Å². The van der Waals surface area contributed by atoms with Crippen LogP contribution in [0.15, 0.2) is 48.1 Å². The number of anilines is 1. The number of nitrogens with zero attached hydrogens (tertiary/aromatic N) is 3. The van der Waals surface area contributed by atoms with Crippen molar-refractivity contribution >= 4 is 23.1 Å². The van der Waals surface area contributed by atoms with Gasteiger partial charge in [-0.25, -0.2) is 4.98 Å². The first-order valence-corrected chi connectivity index (χ1v) is 10.4. The molecule has 0 saturated carbocycles. The number of H-pyrrole nitrogens is 1. The molecule has 0 aliphatic carbocycles. The maximum Gasteiger partial charge on any atom is 0.231 e. The van der Waals surface area contributed by atoms with Gasteiger partial charge in [-0.05, 0) is 37.3 Å². The molecule has 1 amide bonds. The number of methoxy groups -OCH3 is 2. The number of carbonyl (C=O) groups excluding carboxylic acids is 1. The molecule has 1 aromatic carbocycles. The molecular formula is C22H21N5O3S. The van der Waals surface area contributed by atoms with Crippen molar-refractivity contribution in [1.29, 1.82) is 0 Å². The van der Waals surface area contributed by atoms with Crippen molar-refractivity contribution in [3.63, 3.8) is 0 Å². The summed E-state index contributed by atoms with van der Waals surface area (Å²) in [4.78, 5) is 21.2. The molecule has 4 aromatic rings. The van der Waals surface area contributed by atoms with Crippen LogP contribution >= 0.6 is 11.3 Å². The van der Waals surface area contributed by atoms with E-state index in [-0.39, 0.29) is 12.3 Å². The van der Waals surface area contributed by atoms with Crippen LogP contribution in [0, 0.1) is 6.92 Å². The van der Waals surface area contributed by atoms with E-state index < -0.39 is 0 Å². The molecule has 3 aromatic heterocycles. The fourth-order valence-corrected chi connectivity index (χ4v) is 3.97. The SMILES string of the molecule is COc1ccc(-c2nc(CC(=O)Nc3n[nH]c(-c4ccncc4)c3C)cs2)cc1OC. The largest absolute Gasteiger partial charge is 0.493 e. The highest BCUT2D eigenvalue weighted by Crippen LogP contribution is 2.33. The number of thiazole rings is 1. The molecule has 9 heteroatoms. The third-order valence-electron chi connectivity index (χ3n) is 4.76. The molecule has 0 fully saturated rings. The molecule has 0 saturated heterocycles. The second-order valence-corrected chi connectivity index (χ2v) is 7.60. The predicted molar refractivity (Wildman–Crippen MR) is 120 cm³/mol. The highest BCUT2D eigenvalue weighted by molar-refractivity contribution is 7.13. The van der Waals surface area contributed by atoms with Gasteiger partial charge in [0.1, 0.15) is 5.01 Å². The monoisotopic (exact) mass is 435 g/mol. The van der Waals surface area contributed by atoms with E-state index in [2.05, 4.69) is 25.5 Å². The lowest BCUT2D eigenvalue weighted by Gasteiger charge is -2.08. The van der Waals surface area contributed by atoms with Crippen LogP contribution in [-0.2, 0) is 11.2 Å². The molecular weight excluding hydrogens is 414 g/mol. The Hall–Kier alpha value is -3.72. The number of amides is 1. The number of nitrogens with one attached hydrogen (secondary N) is 2. The van der Waals surface area contributed by atoms with Gasteiger partial charge in [0.15, 0.2) is 17.3 Å². The molecule has 2 N–H and O–H groups in total. The van der Waals surface area contributed by atoms with Crippen LogP contribution < -0.4 is 14.8 Å². The number of aromatic nitrogens is 4. The number of hydrogen-bond donors (Lipinski definition) is 2. The average molecular weight is 436 g/mol. The third kappa shape index (κ3) is 4.41. The molecule has 0 bridgehead atoms. The van der Waals surface area contributed by atoms with Crippen molar-refractivity contribution < 1.29 is 14.3 Å². The molecule has 0 aliphatic rings. The predicted octanol–water partition coefficient (Wildman–Crippen LogP) is 4.10. The van der Waals surface area contributed by atoms with Crippen LogP contribution in [0.25, 0.3) is 21.8 Å². The van der Waals surface area contributed by atoms with Gasteiger partial charge >= 0.3 is 0 Å². The third-order valence-corrected chi connectivity index (χ3v) is 5.70. The van der Waals surface area contributed by atoms with Crippen molar-refractivity contribution in [3.05, 3.63) is 59.4 Å². The summed E-state index contributed by atoms with van der Waals surface area (Å²) in [5.74, 6) is 1.61. The summed E-state index contributed by atoms with van der Waals surface area (Å²) >= 11 is 1.47. The van der Waals surface area contributed by atoms with Crippen LogP contribution in [0.2, 0.25) is 0 Å². The van der Waals surface area contributed by atoms with Crippen molar-refractivity contribution in [3.8, 4) is 33.3 Å². The molecule has 4 rings (SSSR count). The first-order valence-electron chi connectivity index (χ1n) is 9.51. The zero-order chi connectivity index (χ0) is 21.8. The molecule has 0 atom stereocenters. The first-order chi connectivity index (χ1) is 15.1. The minimum Gasteiger partial charge on any atom is -0.493 e. The van der Waals surface area contributed by atoms with Crippen molar-refractivity contribution in [2.45, 2.75) is 13.3 Å². The van der Waals surface area contributed by atoms with E-state index in [9.17, 15) is 4.79 Å². The van der Waals surface area contributed by atoms with E-state index in [1.165, 1.54) is 11.3 Å². The number of ether oxygens (including phenoxy) is 2. The number of pyridine rings is 1. The van der Waals surface area contributed by atoms with Crippen LogP contribution in [-0.4, -0.2) is 40.3 Å². The summed E-state index contributed by atoms with van der Waals surface area (Å²) < 4.78 is 10.6. The van der Waals surface area contributed by atoms with Gasteiger partial charge in [0.05, 0.1) is 32.0 Å². The minimum absolute atomic E-state index is 0.153. The fourth-order valence-electron chi connectivity index (χ4n) is 3.15. The Labute approximate surface area is 183 Å². The molecule has 8 nitrogen and oxygen atoms in total. The van der Waals surface area contributed by atoms with E-state index in [1.54, 1.807) is 26.6 Å². The highest BCUT2D eigenvalue weighted by atomic mass is 32.1. The number of carbonyl (C=O) groups is 1. The van der Waals surface area contributed by atoms with E-state index in [1.807, 2.05) is 42.6 Å². The molecule has 0 aliphatic heterocycles. The fraction of sp³-hybridized carbons (Fsp3) is 0.182. The van der Waals surface area contributed by atoms with Gasteiger partial charge in [0.2, 0.25) is 5.91 Å². The topological polar surface area (TPSA) is 102 Å². The lowest BCUT2D eigenvalue weighted by molar-refractivity contribution is -0.115. The van der Waals surface area contributed by atoms with Crippen molar-refractivity contribution in [2.75, 3.05) is 19.5 Å². The molecule has 31 heavy (non-hydrogen) atoms. The quantitative estimate of drug-likeness (QED) is 0.453. The number of aromatic amines is 1. The number of hydrogen-bond acceptors (Lipinski definition) is 7. The summed E-state index contributed by atoms with van der Waals surface area (Å²) in [7, 11) is 3.19. The van der Waals surface area contributed by atoms with Gasteiger partial charge in [-0.3, -0.25) is 14.9 Å². The summed E-state index contributed by atoms with van der Waals surface area (Å²) in [5.41, 5.74) is 4.26. The first kappa shape index (κ1) is 20.5. The minimum atomic E-state index is -0.181. The smallest absolute Gasteiger partial charge is 0.231 e. The highest BCUT2D eigenvalue weighted by Gasteiger charge is 2.15. The Morgan fingerprint density at radius 3 is 2.61 bits per heavy atom. The Kier molecular flexibility index (Phi) is 5.94. The molecule has 0 radical (unpaired) electrons. The van der Waals surface area contributed by atoms with Gasteiger partial charge in [-0.2, -0.15) is 5.10 Å². The van der Waals surface area contributed by atoms with E-state index in [0.29, 0.717) is 23.0 Å².